The molecular formula is C18H14BrF2N3OS2. The minimum Gasteiger partial charge on any atom is -0.434 e. The molecule has 0 atom stereocenters. The van der Waals surface area contributed by atoms with Gasteiger partial charge in [0.05, 0.1) is 27.1 Å². The van der Waals surface area contributed by atoms with E-state index < -0.39 is 6.61 Å². The number of aromatic nitrogens is 1. The second-order valence-electron chi connectivity index (χ2n) is 5.11. The Kier molecular flexibility index (Phi) is 6.70. The number of rotatable bonds is 7. The third kappa shape index (κ3) is 5.00. The van der Waals surface area contributed by atoms with Gasteiger partial charge in [-0.1, -0.05) is 18.2 Å². The quantitative estimate of drug-likeness (QED) is 0.327. The van der Waals surface area contributed by atoms with Crippen molar-refractivity contribution >= 4 is 44.8 Å². The van der Waals surface area contributed by atoms with Crippen molar-refractivity contribution in [2.45, 2.75) is 6.61 Å². The molecule has 0 radical (unpaired) electrons. The standard InChI is InChI=1S/C18H14BrF2N3OS2/c1-2-9-22-18-24(13(11-26-18)15-7-8-16(19)27-15)23-10-12-5-3-4-6-14(12)25-17(20)21/h2-8,10-11,17H,1,9H2/b22-18?,23-10+. The Morgan fingerprint density at radius 1 is 1.26 bits per heavy atom. The number of alkyl halides is 2. The molecule has 9 heteroatoms. The van der Waals surface area contributed by atoms with Gasteiger partial charge in [0.25, 0.3) is 0 Å². The molecule has 27 heavy (non-hydrogen) atoms. The van der Waals surface area contributed by atoms with E-state index in [-0.39, 0.29) is 5.75 Å². The van der Waals surface area contributed by atoms with Gasteiger partial charge in [0.15, 0.2) is 0 Å². The van der Waals surface area contributed by atoms with Crippen LogP contribution in [0.25, 0.3) is 10.6 Å². The van der Waals surface area contributed by atoms with Crippen LogP contribution in [0.4, 0.5) is 8.78 Å². The summed E-state index contributed by atoms with van der Waals surface area (Å²) in [5.41, 5.74) is 1.31. The molecule has 0 aliphatic carbocycles. The topological polar surface area (TPSA) is 38.9 Å². The fourth-order valence-electron chi connectivity index (χ4n) is 2.19. The van der Waals surface area contributed by atoms with E-state index in [4.69, 9.17) is 0 Å². The van der Waals surface area contributed by atoms with Gasteiger partial charge >= 0.3 is 6.61 Å². The van der Waals surface area contributed by atoms with Gasteiger partial charge in [0.1, 0.15) is 5.75 Å². The third-order valence-corrected chi connectivity index (χ3v) is 5.81. The van der Waals surface area contributed by atoms with Crippen LogP contribution < -0.4 is 9.54 Å². The Balaban J connectivity index is 2.04. The van der Waals surface area contributed by atoms with Crippen molar-refractivity contribution in [3.05, 3.63) is 68.6 Å². The summed E-state index contributed by atoms with van der Waals surface area (Å²) in [5, 5.41) is 6.44. The monoisotopic (exact) mass is 469 g/mol. The van der Waals surface area contributed by atoms with Gasteiger partial charge in [-0.15, -0.1) is 29.3 Å². The highest BCUT2D eigenvalue weighted by atomic mass is 79.9. The molecule has 0 N–H and O–H groups in total. The summed E-state index contributed by atoms with van der Waals surface area (Å²) >= 11 is 6.47. The normalized spacial score (nSPS) is 12.2. The Morgan fingerprint density at radius 3 is 2.78 bits per heavy atom. The van der Waals surface area contributed by atoms with Gasteiger partial charge in [0.2, 0.25) is 4.80 Å². The van der Waals surface area contributed by atoms with E-state index in [1.165, 1.54) is 23.6 Å². The number of nitrogens with zero attached hydrogens (tertiary/aromatic N) is 3. The molecule has 140 valence electrons. The van der Waals surface area contributed by atoms with Crippen molar-refractivity contribution in [2.24, 2.45) is 10.1 Å². The van der Waals surface area contributed by atoms with Crippen molar-refractivity contribution in [3.8, 4) is 16.3 Å². The Bertz CT molecular complexity index is 1020. The van der Waals surface area contributed by atoms with Gasteiger partial charge in [-0.25, -0.2) is 4.68 Å². The fraction of sp³-hybridized carbons (Fsp3) is 0.111. The van der Waals surface area contributed by atoms with Crippen LogP contribution in [-0.4, -0.2) is 24.0 Å². The van der Waals surface area contributed by atoms with E-state index in [1.807, 2.05) is 17.5 Å². The van der Waals surface area contributed by atoms with Crippen molar-refractivity contribution < 1.29 is 13.5 Å². The maximum absolute atomic E-state index is 12.6. The Labute approximate surface area is 170 Å². The summed E-state index contributed by atoms with van der Waals surface area (Å²) in [4.78, 5) is 6.14. The molecule has 3 aromatic rings. The molecule has 1 aromatic carbocycles. The number of ether oxygens (including phenoxy) is 1. The van der Waals surface area contributed by atoms with E-state index in [9.17, 15) is 8.78 Å². The van der Waals surface area contributed by atoms with Crippen LogP contribution in [0.15, 0.2) is 68.3 Å². The predicted octanol–water partition coefficient (Wildman–Crippen LogP) is 5.61. The molecule has 0 aliphatic heterocycles. The van der Waals surface area contributed by atoms with Crippen LogP contribution in [0, 0.1) is 0 Å². The van der Waals surface area contributed by atoms with E-state index in [1.54, 1.807) is 40.3 Å². The third-order valence-electron chi connectivity index (χ3n) is 3.31. The van der Waals surface area contributed by atoms with Crippen LogP contribution in [0.2, 0.25) is 0 Å². The van der Waals surface area contributed by atoms with Crippen molar-refractivity contribution in [2.75, 3.05) is 6.54 Å². The SMILES string of the molecule is C=CCN=c1scc(-c2ccc(Br)s2)n1/N=C/c1ccccc1OC(F)F. The number of thiazole rings is 1. The maximum Gasteiger partial charge on any atom is 0.387 e. The van der Waals surface area contributed by atoms with E-state index in [2.05, 4.69) is 37.3 Å². The number of hydrogen-bond acceptors (Lipinski definition) is 5. The average molecular weight is 470 g/mol. The van der Waals surface area contributed by atoms with E-state index in [0.717, 1.165) is 14.4 Å². The summed E-state index contributed by atoms with van der Waals surface area (Å²) in [7, 11) is 0. The Morgan fingerprint density at radius 2 is 2.07 bits per heavy atom. The van der Waals surface area contributed by atoms with Gasteiger partial charge in [-0.05, 0) is 40.2 Å². The fourth-order valence-corrected chi connectivity index (χ4v) is 4.50. The first kappa shape index (κ1) is 19.7. The summed E-state index contributed by atoms with van der Waals surface area (Å²) in [5.74, 6) is 0.0667. The number of hydrogen-bond donors (Lipinski definition) is 0. The second kappa shape index (κ2) is 9.20. The lowest BCUT2D eigenvalue weighted by Gasteiger charge is -2.07. The molecule has 0 bridgehead atoms. The number of para-hydroxylation sites is 1. The number of thiophene rings is 1. The first-order chi connectivity index (χ1) is 13.1. The van der Waals surface area contributed by atoms with Gasteiger partial charge < -0.3 is 4.74 Å². The lowest BCUT2D eigenvalue weighted by Crippen LogP contribution is -2.12. The predicted molar refractivity (Wildman–Crippen MR) is 110 cm³/mol. The van der Waals surface area contributed by atoms with Gasteiger partial charge in [0, 0.05) is 10.9 Å². The minimum absolute atomic E-state index is 0.0667. The highest BCUT2D eigenvalue weighted by Gasteiger charge is 2.11. The molecule has 0 saturated carbocycles. The van der Waals surface area contributed by atoms with E-state index in [0.29, 0.717) is 16.9 Å². The molecule has 0 spiro atoms. The second-order valence-corrected chi connectivity index (χ2v) is 8.41. The lowest BCUT2D eigenvalue weighted by molar-refractivity contribution is -0.0499. The van der Waals surface area contributed by atoms with Crippen LogP contribution in [0.1, 0.15) is 5.56 Å². The molecule has 0 fully saturated rings. The molecule has 0 unspecified atom stereocenters. The highest BCUT2D eigenvalue weighted by Crippen LogP contribution is 2.31. The van der Waals surface area contributed by atoms with Gasteiger partial charge in [-0.2, -0.15) is 13.9 Å². The van der Waals surface area contributed by atoms with Crippen LogP contribution in [-0.2, 0) is 0 Å². The van der Waals surface area contributed by atoms with E-state index >= 15 is 0 Å². The number of benzene rings is 1. The van der Waals surface area contributed by atoms with Gasteiger partial charge in [-0.3, -0.25) is 4.99 Å². The number of halogens is 3. The zero-order valence-electron chi connectivity index (χ0n) is 13.9. The summed E-state index contributed by atoms with van der Waals surface area (Å²) in [6, 6.07) is 10.4. The minimum atomic E-state index is -2.90. The molecule has 0 aliphatic rings. The van der Waals surface area contributed by atoms with Crippen molar-refractivity contribution in [1.29, 1.82) is 0 Å². The van der Waals surface area contributed by atoms with Crippen LogP contribution >= 0.6 is 38.6 Å². The highest BCUT2D eigenvalue weighted by molar-refractivity contribution is 9.11. The first-order valence-electron chi connectivity index (χ1n) is 7.74. The summed E-state index contributed by atoms with van der Waals surface area (Å²) < 4.78 is 32.5. The largest absolute Gasteiger partial charge is 0.434 e. The molecule has 2 aromatic heterocycles. The summed E-state index contributed by atoms with van der Waals surface area (Å²) in [6.45, 7) is 1.23. The smallest absolute Gasteiger partial charge is 0.387 e. The van der Waals surface area contributed by atoms with Crippen molar-refractivity contribution in [1.82, 2.24) is 4.68 Å². The maximum atomic E-state index is 12.6. The molecular weight excluding hydrogens is 456 g/mol. The lowest BCUT2D eigenvalue weighted by atomic mass is 10.2. The Hall–Kier alpha value is -2.10. The van der Waals surface area contributed by atoms with Crippen LogP contribution in [0.3, 0.4) is 0 Å². The summed E-state index contributed by atoms with van der Waals surface area (Å²) in [6.07, 6.45) is 3.18. The molecule has 0 amide bonds. The first-order valence-corrected chi connectivity index (χ1v) is 10.2. The zero-order valence-corrected chi connectivity index (χ0v) is 17.1. The molecule has 0 saturated heterocycles. The van der Waals surface area contributed by atoms with Crippen molar-refractivity contribution in [3.63, 3.8) is 0 Å². The average Bonchev–Trinajstić information content (AvgIpc) is 3.24. The van der Waals surface area contributed by atoms with Crippen LogP contribution in [0.5, 0.6) is 5.75 Å². The molecule has 4 nitrogen and oxygen atoms in total. The molecule has 2 heterocycles. The molecule has 3 rings (SSSR count). The zero-order chi connectivity index (χ0) is 19.2.